The quantitative estimate of drug-likeness (QED) is 0.853. The van der Waals surface area contributed by atoms with Crippen LogP contribution >= 0.6 is 0 Å². The summed E-state index contributed by atoms with van der Waals surface area (Å²) in [4.78, 5) is 13.4. The van der Waals surface area contributed by atoms with Crippen molar-refractivity contribution in [2.45, 2.75) is 62.6 Å². The number of hydrogen-bond acceptors (Lipinski definition) is 4. The van der Waals surface area contributed by atoms with Gasteiger partial charge in [0.15, 0.2) is 0 Å². The first-order chi connectivity index (χ1) is 9.69. The number of carbonyl (C=O) groups is 1. The molecule has 5 nitrogen and oxygen atoms in total. The zero-order chi connectivity index (χ0) is 14.0. The van der Waals surface area contributed by atoms with Gasteiger partial charge in [0.1, 0.15) is 0 Å². The smallest absolute Gasteiger partial charge is 0.305 e. The van der Waals surface area contributed by atoms with E-state index in [2.05, 4.69) is 4.90 Å². The minimum absolute atomic E-state index is 0.0304. The second-order valence-electron chi connectivity index (χ2n) is 6.45. The summed E-state index contributed by atoms with van der Waals surface area (Å²) in [6.07, 6.45) is 7.18. The van der Waals surface area contributed by atoms with Gasteiger partial charge in [-0.3, -0.25) is 9.69 Å². The highest BCUT2D eigenvalue weighted by atomic mass is 16.5. The first kappa shape index (κ1) is 14.3. The monoisotopic (exact) mass is 283 g/mol. The number of carboxylic acids is 1. The van der Waals surface area contributed by atoms with Crippen LogP contribution in [0.5, 0.6) is 0 Å². The van der Waals surface area contributed by atoms with Gasteiger partial charge in [0, 0.05) is 25.2 Å². The molecule has 0 aromatic heterocycles. The maximum Gasteiger partial charge on any atom is 0.305 e. The molecule has 1 aliphatic carbocycles. The predicted octanol–water partition coefficient (Wildman–Crippen LogP) is 1.65. The van der Waals surface area contributed by atoms with Crippen molar-refractivity contribution in [2.24, 2.45) is 0 Å². The highest BCUT2D eigenvalue weighted by molar-refractivity contribution is 5.67. The van der Waals surface area contributed by atoms with Crippen LogP contribution in [-0.2, 0) is 14.3 Å². The fourth-order valence-electron chi connectivity index (χ4n) is 4.18. The van der Waals surface area contributed by atoms with Gasteiger partial charge in [-0.05, 0) is 25.7 Å². The van der Waals surface area contributed by atoms with Gasteiger partial charge >= 0.3 is 5.97 Å². The van der Waals surface area contributed by atoms with E-state index in [1.54, 1.807) is 0 Å². The lowest BCUT2D eigenvalue weighted by Crippen LogP contribution is -2.55. The van der Waals surface area contributed by atoms with E-state index in [1.165, 1.54) is 25.7 Å². The number of morpholine rings is 1. The summed E-state index contributed by atoms with van der Waals surface area (Å²) < 4.78 is 11.6. The number of ether oxygens (including phenoxy) is 2. The summed E-state index contributed by atoms with van der Waals surface area (Å²) >= 11 is 0. The molecular formula is C15H25NO4. The molecule has 0 bridgehead atoms. The van der Waals surface area contributed by atoms with Crippen LogP contribution in [0.3, 0.4) is 0 Å². The largest absolute Gasteiger partial charge is 0.481 e. The SMILES string of the molecule is O=C(O)CC1COCCN1C1CCOC2(CCCC2)C1. The summed E-state index contributed by atoms with van der Waals surface area (Å²) in [5.41, 5.74) is 0.0923. The van der Waals surface area contributed by atoms with Crippen LogP contribution in [0, 0.1) is 0 Å². The predicted molar refractivity (Wildman–Crippen MR) is 73.7 cm³/mol. The highest BCUT2D eigenvalue weighted by Crippen LogP contribution is 2.41. The molecule has 2 aliphatic heterocycles. The van der Waals surface area contributed by atoms with E-state index in [-0.39, 0.29) is 18.1 Å². The third-order valence-electron chi connectivity index (χ3n) is 5.13. The second-order valence-corrected chi connectivity index (χ2v) is 6.45. The third kappa shape index (κ3) is 3.00. The van der Waals surface area contributed by atoms with Crippen molar-refractivity contribution in [1.82, 2.24) is 4.90 Å². The van der Waals surface area contributed by atoms with Crippen LogP contribution in [0.15, 0.2) is 0 Å². The molecule has 2 atom stereocenters. The van der Waals surface area contributed by atoms with Crippen LogP contribution < -0.4 is 0 Å². The summed E-state index contributed by atoms with van der Waals surface area (Å²) in [6.45, 7) is 2.96. The molecule has 0 radical (unpaired) electrons. The molecule has 0 aromatic carbocycles. The van der Waals surface area contributed by atoms with Gasteiger partial charge in [-0.1, -0.05) is 12.8 Å². The van der Waals surface area contributed by atoms with Gasteiger partial charge in [-0.15, -0.1) is 0 Å². The van der Waals surface area contributed by atoms with Crippen LogP contribution in [0.4, 0.5) is 0 Å². The molecule has 1 spiro atoms. The maximum absolute atomic E-state index is 11.0. The average molecular weight is 283 g/mol. The van der Waals surface area contributed by atoms with Crippen molar-refractivity contribution in [3.8, 4) is 0 Å². The fraction of sp³-hybridized carbons (Fsp3) is 0.933. The Balaban J connectivity index is 1.67. The summed E-state index contributed by atoms with van der Waals surface area (Å²) in [5.74, 6) is -0.729. The first-order valence-electron chi connectivity index (χ1n) is 7.88. The van der Waals surface area contributed by atoms with Gasteiger partial charge in [0.2, 0.25) is 0 Å². The first-order valence-corrected chi connectivity index (χ1v) is 7.88. The topological polar surface area (TPSA) is 59.0 Å². The summed E-state index contributed by atoms with van der Waals surface area (Å²) in [6, 6.07) is 0.498. The van der Waals surface area contributed by atoms with Crippen LogP contribution in [0.25, 0.3) is 0 Å². The van der Waals surface area contributed by atoms with Crippen LogP contribution in [0.2, 0.25) is 0 Å². The van der Waals surface area contributed by atoms with E-state index in [1.807, 2.05) is 0 Å². The molecule has 3 rings (SSSR count). The molecule has 1 saturated carbocycles. The Labute approximate surface area is 120 Å². The Morgan fingerprint density at radius 3 is 2.85 bits per heavy atom. The summed E-state index contributed by atoms with van der Waals surface area (Å²) in [5, 5.41) is 9.08. The van der Waals surface area contributed by atoms with Crippen LogP contribution in [-0.4, -0.2) is 60.0 Å². The Morgan fingerprint density at radius 1 is 1.30 bits per heavy atom. The fourth-order valence-corrected chi connectivity index (χ4v) is 4.18. The average Bonchev–Trinajstić information content (AvgIpc) is 2.87. The molecule has 3 fully saturated rings. The normalized spacial score (nSPS) is 34.4. The summed E-state index contributed by atoms with van der Waals surface area (Å²) in [7, 11) is 0. The van der Waals surface area contributed by atoms with Gasteiger partial charge in [0.25, 0.3) is 0 Å². The van der Waals surface area contributed by atoms with Crippen molar-refractivity contribution in [3.05, 3.63) is 0 Å². The molecular weight excluding hydrogens is 258 g/mol. The van der Waals surface area contributed by atoms with Gasteiger partial charge in [-0.2, -0.15) is 0 Å². The lowest BCUT2D eigenvalue weighted by atomic mass is 9.87. The second kappa shape index (κ2) is 6.00. The van der Waals surface area contributed by atoms with Crippen LogP contribution in [0.1, 0.15) is 44.9 Å². The Hall–Kier alpha value is -0.650. The molecule has 0 aromatic rings. The Kier molecular flexibility index (Phi) is 4.29. The van der Waals surface area contributed by atoms with E-state index >= 15 is 0 Å². The standard InChI is InChI=1S/C15H25NO4/c17-14(18)9-13-11-19-8-6-16(13)12-3-7-20-15(10-12)4-1-2-5-15/h12-13H,1-11H2,(H,17,18). The lowest BCUT2D eigenvalue weighted by molar-refractivity contribution is -0.145. The molecule has 3 aliphatic rings. The maximum atomic E-state index is 11.0. The molecule has 2 saturated heterocycles. The Morgan fingerprint density at radius 2 is 2.10 bits per heavy atom. The third-order valence-corrected chi connectivity index (χ3v) is 5.13. The van der Waals surface area contributed by atoms with Gasteiger partial charge in [-0.25, -0.2) is 0 Å². The van der Waals surface area contributed by atoms with E-state index in [4.69, 9.17) is 14.6 Å². The molecule has 114 valence electrons. The number of nitrogens with zero attached hydrogens (tertiary/aromatic N) is 1. The van der Waals surface area contributed by atoms with Crippen molar-refractivity contribution < 1.29 is 19.4 Å². The van der Waals surface area contributed by atoms with E-state index in [0.29, 0.717) is 12.6 Å². The van der Waals surface area contributed by atoms with Crippen molar-refractivity contribution >= 4 is 5.97 Å². The highest BCUT2D eigenvalue weighted by Gasteiger charge is 2.43. The van der Waals surface area contributed by atoms with Crippen molar-refractivity contribution in [2.75, 3.05) is 26.4 Å². The number of hydrogen-bond donors (Lipinski definition) is 1. The molecule has 2 heterocycles. The molecule has 1 N–H and O–H groups in total. The van der Waals surface area contributed by atoms with Crippen molar-refractivity contribution in [3.63, 3.8) is 0 Å². The Bertz CT molecular complexity index is 354. The molecule has 20 heavy (non-hydrogen) atoms. The van der Waals surface area contributed by atoms with Gasteiger partial charge < -0.3 is 14.6 Å². The molecule has 5 heteroatoms. The number of carboxylic acid groups (broad SMARTS) is 1. The van der Waals surface area contributed by atoms with Gasteiger partial charge in [0.05, 0.1) is 25.2 Å². The molecule has 0 amide bonds. The zero-order valence-corrected chi connectivity index (χ0v) is 12.1. The van der Waals surface area contributed by atoms with E-state index in [0.717, 1.165) is 32.6 Å². The minimum Gasteiger partial charge on any atom is -0.481 e. The van der Waals surface area contributed by atoms with Crippen molar-refractivity contribution in [1.29, 1.82) is 0 Å². The number of aliphatic carboxylic acids is 1. The zero-order valence-electron chi connectivity index (χ0n) is 12.1. The van der Waals surface area contributed by atoms with E-state index in [9.17, 15) is 4.79 Å². The number of rotatable bonds is 3. The minimum atomic E-state index is -0.729. The van der Waals surface area contributed by atoms with E-state index < -0.39 is 5.97 Å². The lowest BCUT2D eigenvalue weighted by Gasteiger charge is -2.47. The molecule has 2 unspecified atom stereocenters.